The molecule has 1 aliphatic heterocycles. The van der Waals surface area contributed by atoms with Gasteiger partial charge in [0.15, 0.2) is 5.79 Å². The van der Waals surface area contributed by atoms with Gasteiger partial charge in [0, 0.05) is 25.2 Å². The summed E-state index contributed by atoms with van der Waals surface area (Å²) >= 11 is 0. The normalized spacial score (nSPS) is 38.9. The third kappa shape index (κ3) is 2.03. The quantitative estimate of drug-likeness (QED) is 0.441. The van der Waals surface area contributed by atoms with Gasteiger partial charge >= 0.3 is 0 Å². The molecule has 3 atom stereocenters. The minimum absolute atomic E-state index is 0.0246. The molecule has 0 N–H and O–H groups in total. The van der Waals surface area contributed by atoms with Crippen molar-refractivity contribution in [2.45, 2.75) is 44.8 Å². The van der Waals surface area contributed by atoms with Crippen molar-refractivity contribution in [1.29, 1.82) is 0 Å². The lowest BCUT2D eigenvalue weighted by molar-refractivity contribution is -0.181. The van der Waals surface area contributed by atoms with Crippen LogP contribution in [-0.4, -0.2) is 25.3 Å². The van der Waals surface area contributed by atoms with E-state index in [1.54, 1.807) is 0 Å². The number of carbonyl (C=O) groups excluding carboxylic acids is 1. The standard InChI is InChI=1S/C17H22O3/c1-3-4-15-13(12-18)5-6-14-11-17(19-9-10-20-17)8-7-16(14,15)2/h1,6,12-13,15H,4-5,7-11H2,2H3/t13-,15-,16-/m0/s1. The van der Waals surface area contributed by atoms with E-state index in [0.29, 0.717) is 19.6 Å². The van der Waals surface area contributed by atoms with Gasteiger partial charge in [-0.05, 0) is 24.2 Å². The Hall–Kier alpha value is -1.11. The molecule has 2 aliphatic carbocycles. The molecule has 0 radical (unpaired) electrons. The lowest BCUT2D eigenvalue weighted by atomic mass is 9.55. The lowest BCUT2D eigenvalue weighted by Crippen LogP contribution is -2.47. The Morgan fingerprint density at radius 3 is 2.85 bits per heavy atom. The van der Waals surface area contributed by atoms with E-state index in [-0.39, 0.29) is 17.3 Å². The maximum Gasteiger partial charge on any atom is 0.172 e. The van der Waals surface area contributed by atoms with Crippen LogP contribution in [0.1, 0.15) is 39.0 Å². The minimum Gasteiger partial charge on any atom is -0.347 e. The van der Waals surface area contributed by atoms with Crippen LogP contribution in [0.25, 0.3) is 0 Å². The Morgan fingerprint density at radius 2 is 2.20 bits per heavy atom. The van der Waals surface area contributed by atoms with Crippen molar-refractivity contribution in [1.82, 2.24) is 0 Å². The fourth-order valence-corrected chi connectivity index (χ4v) is 4.23. The molecule has 0 aromatic heterocycles. The number of hydrogen-bond acceptors (Lipinski definition) is 3. The van der Waals surface area contributed by atoms with E-state index in [9.17, 15) is 4.79 Å². The highest BCUT2D eigenvalue weighted by Gasteiger charge is 2.52. The summed E-state index contributed by atoms with van der Waals surface area (Å²) in [7, 11) is 0. The van der Waals surface area contributed by atoms with Crippen LogP contribution in [0.2, 0.25) is 0 Å². The molecule has 3 rings (SSSR count). The first-order chi connectivity index (χ1) is 9.63. The van der Waals surface area contributed by atoms with Crippen LogP contribution in [0.4, 0.5) is 0 Å². The molecule has 3 nitrogen and oxygen atoms in total. The van der Waals surface area contributed by atoms with E-state index < -0.39 is 5.79 Å². The molecular formula is C17H22O3. The number of allylic oxidation sites excluding steroid dienone is 1. The van der Waals surface area contributed by atoms with Crippen molar-refractivity contribution in [3.63, 3.8) is 0 Å². The summed E-state index contributed by atoms with van der Waals surface area (Å²) in [5.41, 5.74) is 1.40. The van der Waals surface area contributed by atoms with Crippen LogP contribution in [0.5, 0.6) is 0 Å². The minimum atomic E-state index is -0.403. The van der Waals surface area contributed by atoms with Gasteiger partial charge in [0.25, 0.3) is 0 Å². The summed E-state index contributed by atoms with van der Waals surface area (Å²) in [5, 5.41) is 0. The molecule has 1 saturated heterocycles. The summed E-state index contributed by atoms with van der Waals surface area (Å²) in [6.07, 6.45) is 13.0. The molecule has 20 heavy (non-hydrogen) atoms. The third-order valence-corrected chi connectivity index (χ3v) is 5.52. The number of aldehydes is 1. The molecule has 1 heterocycles. The first-order valence-electron chi connectivity index (χ1n) is 7.50. The van der Waals surface area contributed by atoms with Crippen molar-refractivity contribution in [2.24, 2.45) is 17.3 Å². The Labute approximate surface area is 120 Å². The molecule has 3 heteroatoms. The van der Waals surface area contributed by atoms with Gasteiger partial charge in [0.05, 0.1) is 13.2 Å². The Bertz CT molecular complexity index is 467. The number of terminal acetylenes is 1. The monoisotopic (exact) mass is 274 g/mol. The maximum absolute atomic E-state index is 11.4. The zero-order valence-electron chi connectivity index (χ0n) is 12.1. The largest absolute Gasteiger partial charge is 0.347 e. The van der Waals surface area contributed by atoms with Crippen molar-refractivity contribution < 1.29 is 14.3 Å². The fraction of sp³-hybridized carbons (Fsp3) is 0.706. The molecule has 0 amide bonds. The molecule has 1 saturated carbocycles. The van der Waals surface area contributed by atoms with Gasteiger partial charge in [0.1, 0.15) is 6.29 Å². The van der Waals surface area contributed by atoms with E-state index >= 15 is 0 Å². The topological polar surface area (TPSA) is 35.5 Å². The summed E-state index contributed by atoms with van der Waals surface area (Å²) in [6, 6.07) is 0. The number of ether oxygens (including phenoxy) is 2. The van der Waals surface area contributed by atoms with Crippen molar-refractivity contribution >= 4 is 6.29 Å². The van der Waals surface area contributed by atoms with E-state index in [0.717, 1.165) is 32.0 Å². The lowest BCUT2D eigenvalue weighted by Gasteiger charge is -2.51. The third-order valence-electron chi connectivity index (χ3n) is 5.52. The Morgan fingerprint density at radius 1 is 1.45 bits per heavy atom. The zero-order chi connectivity index (χ0) is 14.2. The van der Waals surface area contributed by atoms with Gasteiger partial charge in [-0.25, -0.2) is 0 Å². The Kier molecular flexibility index (Phi) is 3.48. The molecule has 3 aliphatic rings. The van der Waals surface area contributed by atoms with Gasteiger partial charge in [-0.1, -0.05) is 18.6 Å². The number of hydrogen-bond donors (Lipinski definition) is 0. The maximum atomic E-state index is 11.4. The number of fused-ring (bicyclic) bond motifs is 1. The molecular weight excluding hydrogens is 252 g/mol. The zero-order valence-corrected chi connectivity index (χ0v) is 12.1. The van der Waals surface area contributed by atoms with E-state index in [2.05, 4.69) is 18.9 Å². The molecule has 1 spiro atoms. The first kappa shape index (κ1) is 13.9. The summed E-state index contributed by atoms with van der Waals surface area (Å²) in [4.78, 5) is 11.4. The highest BCUT2D eigenvalue weighted by atomic mass is 16.7. The van der Waals surface area contributed by atoms with Gasteiger partial charge in [-0.2, -0.15) is 0 Å². The number of rotatable bonds is 2. The number of carbonyl (C=O) groups is 1. The van der Waals surface area contributed by atoms with Crippen LogP contribution in [-0.2, 0) is 14.3 Å². The summed E-state index contributed by atoms with van der Waals surface area (Å²) in [5.74, 6) is 2.68. The van der Waals surface area contributed by atoms with Gasteiger partial charge in [-0.15, -0.1) is 12.3 Å². The molecule has 0 bridgehead atoms. The van der Waals surface area contributed by atoms with E-state index in [1.807, 2.05) is 0 Å². The van der Waals surface area contributed by atoms with Crippen molar-refractivity contribution in [2.75, 3.05) is 13.2 Å². The van der Waals surface area contributed by atoms with Crippen LogP contribution in [0.3, 0.4) is 0 Å². The van der Waals surface area contributed by atoms with E-state index in [1.165, 1.54) is 5.57 Å². The SMILES string of the molecule is C#CC[C@H]1[C@H](C=O)CC=C2CC3(CC[C@@]21C)OCCO3. The molecule has 108 valence electrons. The van der Waals surface area contributed by atoms with Crippen LogP contribution < -0.4 is 0 Å². The fourth-order valence-electron chi connectivity index (χ4n) is 4.23. The smallest absolute Gasteiger partial charge is 0.172 e. The van der Waals surface area contributed by atoms with Crippen LogP contribution in [0, 0.1) is 29.6 Å². The second-order valence-corrected chi connectivity index (χ2v) is 6.48. The highest BCUT2D eigenvalue weighted by molar-refractivity contribution is 5.56. The molecule has 0 unspecified atom stereocenters. The van der Waals surface area contributed by atoms with E-state index in [4.69, 9.17) is 15.9 Å². The average molecular weight is 274 g/mol. The molecule has 0 aromatic carbocycles. The van der Waals surface area contributed by atoms with Crippen molar-refractivity contribution in [3.05, 3.63) is 11.6 Å². The summed E-state index contributed by atoms with van der Waals surface area (Å²) in [6.45, 7) is 3.64. The second-order valence-electron chi connectivity index (χ2n) is 6.48. The Balaban J connectivity index is 1.90. The van der Waals surface area contributed by atoms with Crippen LogP contribution in [0.15, 0.2) is 11.6 Å². The second kappa shape index (κ2) is 5.02. The first-order valence-corrected chi connectivity index (χ1v) is 7.50. The van der Waals surface area contributed by atoms with Gasteiger partial charge in [0.2, 0.25) is 0 Å². The molecule has 0 aromatic rings. The predicted octanol–water partition coefficient (Wildman–Crippen LogP) is 2.70. The molecule has 2 fully saturated rings. The predicted molar refractivity (Wildman–Crippen MR) is 75.8 cm³/mol. The van der Waals surface area contributed by atoms with Gasteiger partial charge < -0.3 is 14.3 Å². The summed E-state index contributed by atoms with van der Waals surface area (Å²) < 4.78 is 11.7. The van der Waals surface area contributed by atoms with Crippen LogP contribution >= 0.6 is 0 Å². The van der Waals surface area contributed by atoms with Gasteiger partial charge in [-0.3, -0.25) is 0 Å². The highest BCUT2D eigenvalue weighted by Crippen LogP contribution is 2.56. The average Bonchev–Trinajstić information content (AvgIpc) is 2.90. The van der Waals surface area contributed by atoms with Crippen molar-refractivity contribution in [3.8, 4) is 12.3 Å².